The molecule has 1 aliphatic rings. The molecular weight excluding hydrogens is 210 g/mol. The molecule has 3 nitrogen and oxygen atoms in total. The number of nitrogens with zero attached hydrogens (tertiary/aromatic N) is 3. The highest BCUT2D eigenvalue weighted by atomic mass is 15.1. The quantitative estimate of drug-likeness (QED) is 0.749. The second-order valence-corrected chi connectivity index (χ2v) is 4.86. The summed E-state index contributed by atoms with van der Waals surface area (Å²) < 4.78 is 0. The molecule has 0 atom stereocenters. The first-order valence-corrected chi connectivity index (χ1v) is 6.23. The number of likely N-dealkylation sites (tertiary alicyclic amines) is 1. The van der Waals surface area contributed by atoms with Crippen molar-refractivity contribution in [3.8, 4) is 0 Å². The Balaban J connectivity index is 1.90. The van der Waals surface area contributed by atoms with Gasteiger partial charge >= 0.3 is 0 Å². The highest BCUT2D eigenvalue weighted by Gasteiger charge is 2.20. The summed E-state index contributed by atoms with van der Waals surface area (Å²) in [6.45, 7) is 2.31. The van der Waals surface area contributed by atoms with E-state index in [1.807, 2.05) is 18.3 Å². The standard InChI is InChI=1S/C14H17N3/c1-17-8-6-11(7-9-17)14-15-10-12-4-2-3-5-13(12)16-14/h2-5,10-11H,6-9H2,1H3. The molecule has 3 rings (SSSR count). The number of rotatable bonds is 1. The van der Waals surface area contributed by atoms with Crippen LogP contribution in [0.1, 0.15) is 24.6 Å². The number of piperidine rings is 1. The second kappa shape index (κ2) is 4.41. The maximum absolute atomic E-state index is 4.69. The largest absolute Gasteiger partial charge is 0.306 e. The minimum absolute atomic E-state index is 0.538. The van der Waals surface area contributed by atoms with Gasteiger partial charge in [0.25, 0.3) is 0 Å². The Morgan fingerprint density at radius 2 is 1.94 bits per heavy atom. The maximum atomic E-state index is 4.69. The molecule has 1 aromatic carbocycles. The second-order valence-electron chi connectivity index (χ2n) is 4.86. The molecule has 88 valence electrons. The summed E-state index contributed by atoms with van der Waals surface area (Å²) in [5, 5.41) is 1.13. The van der Waals surface area contributed by atoms with Gasteiger partial charge in [-0.2, -0.15) is 0 Å². The molecule has 1 saturated heterocycles. The van der Waals surface area contributed by atoms with Crippen LogP contribution in [0.15, 0.2) is 30.5 Å². The van der Waals surface area contributed by atoms with E-state index in [1.54, 1.807) is 0 Å². The third-order valence-electron chi connectivity index (χ3n) is 3.59. The Morgan fingerprint density at radius 3 is 2.76 bits per heavy atom. The number of hydrogen-bond donors (Lipinski definition) is 0. The van der Waals surface area contributed by atoms with Crippen LogP contribution in [0.5, 0.6) is 0 Å². The smallest absolute Gasteiger partial charge is 0.132 e. The minimum Gasteiger partial charge on any atom is -0.306 e. The monoisotopic (exact) mass is 227 g/mol. The lowest BCUT2D eigenvalue weighted by Crippen LogP contribution is -2.29. The first kappa shape index (κ1) is 10.7. The fraction of sp³-hybridized carbons (Fsp3) is 0.429. The molecule has 2 aromatic rings. The molecule has 17 heavy (non-hydrogen) atoms. The molecule has 0 saturated carbocycles. The summed E-state index contributed by atoms with van der Waals surface area (Å²) in [6, 6.07) is 8.19. The normalized spacial score (nSPS) is 18.6. The molecule has 0 bridgehead atoms. The Labute approximate surface area is 101 Å². The lowest BCUT2D eigenvalue weighted by Gasteiger charge is -2.27. The molecule has 1 aromatic heterocycles. The first-order valence-electron chi connectivity index (χ1n) is 6.23. The van der Waals surface area contributed by atoms with Crippen LogP contribution in [-0.4, -0.2) is 35.0 Å². The van der Waals surface area contributed by atoms with Gasteiger partial charge in [-0.25, -0.2) is 9.97 Å². The van der Waals surface area contributed by atoms with Crippen molar-refractivity contribution in [3.05, 3.63) is 36.3 Å². The van der Waals surface area contributed by atoms with Gasteiger partial charge in [0.15, 0.2) is 0 Å². The molecule has 2 heterocycles. The van der Waals surface area contributed by atoms with Crippen molar-refractivity contribution in [2.75, 3.05) is 20.1 Å². The zero-order valence-corrected chi connectivity index (χ0v) is 10.1. The van der Waals surface area contributed by atoms with Crippen LogP contribution in [0.3, 0.4) is 0 Å². The van der Waals surface area contributed by atoms with E-state index in [0.29, 0.717) is 5.92 Å². The van der Waals surface area contributed by atoms with Gasteiger partial charge in [-0.15, -0.1) is 0 Å². The van der Waals surface area contributed by atoms with Gasteiger partial charge in [-0.3, -0.25) is 0 Å². The van der Waals surface area contributed by atoms with Crippen LogP contribution in [0.25, 0.3) is 10.9 Å². The van der Waals surface area contributed by atoms with Crippen molar-refractivity contribution in [1.82, 2.24) is 14.9 Å². The molecule has 0 amide bonds. The molecule has 0 N–H and O–H groups in total. The van der Waals surface area contributed by atoms with E-state index < -0.39 is 0 Å². The topological polar surface area (TPSA) is 29.0 Å². The average molecular weight is 227 g/mol. The Kier molecular flexibility index (Phi) is 2.77. The highest BCUT2D eigenvalue weighted by Crippen LogP contribution is 2.25. The number of para-hydroxylation sites is 1. The van der Waals surface area contributed by atoms with Gasteiger partial charge in [0, 0.05) is 17.5 Å². The van der Waals surface area contributed by atoms with E-state index in [4.69, 9.17) is 4.98 Å². The van der Waals surface area contributed by atoms with Gasteiger partial charge in [-0.05, 0) is 39.0 Å². The van der Waals surface area contributed by atoms with Crippen molar-refractivity contribution in [2.24, 2.45) is 0 Å². The SMILES string of the molecule is CN1CCC(c2ncc3ccccc3n2)CC1. The Morgan fingerprint density at radius 1 is 1.18 bits per heavy atom. The molecule has 0 radical (unpaired) electrons. The predicted octanol–water partition coefficient (Wildman–Crippen LogP) is 2.44. The van der Waals surface area contributed by atoms with Crippen molar-refractivity contribution in [3.63, 3.8) is 0 Å². The van der Waals surface area contributed by atoms with Crippen molar-refractivity contribution in [1.29, 1.82) is 0 Å². The Bertz CT molecular complexity index is 516. The number of hydrogen-bond acceptors (Lipinski definition) is 3. The lowest BCUT2D eigenvalue weighted by atomic mass is 9.96. The van der Waals surface area contributed by atoms with Crippen molar-refractivity contribution < 1.29 is 0 Å². The molecular formula is C14H17N3. The van der Waals surface area contributed by atoms with Crippen LogP contribution >= 0.6 is 0 Å². The summed E-state index contributed by atoms with van der Waals surface area (Å²) in [5.74, 6) is 1.56. The van der Waals surface area contributed by atoms with E-state index in [2.05, 4.69) is 29.1 Å². The van der Waals surface area contributed by atoms with E-state index in [-0.39, 0.29) is 0 Å². The number of aromatic nitrogens is 2. The van der Waals surface area contributed by atoms with Gasteiger partial charge in [0.1, 0.15) is 5.82 Å². The summed E-state index contributed by atoms with van der Waals surface area (Å²) in [4.78, 5) is 11.6. The van der Waals surface area contributed by atoms with Gasteiger partial charge in [0.05, 0.1) is 5.52 Å². The molecule has 0 spiro atoms. The maximum Gasteiger partial charge on any atom is 0.132 e. The predicted molar refractivity (Wildman–Crippen MR) is 69.0 cm³/mol. The van der Waals surface area contributed by atoms with Crippen LogP contribution in [0.2, 0.25) is 0 Å². The third-order valence-corrected chi connectivity index (χ3v) is 3.59. The van der Waals surface area contributed by atoms with Gasteiger partial charge < -0.3 is 4.90 Å². The average Bonchev–Trinajstić information content (AvgIpc) is 2.39. The summed E-state index contributed by atoms with van der Waals surface area (Å²) in [7, 11) is 2.18. The third kappa shape index (κ3) is 2.15. The van der Waals surface area contributed by atoms with Gasteiger partial charge in [0.2, 0.25) is 0 Å². The highest BCUT2D eigenvalue weighted by molar-refractivity contribution is 5.77. The van der Waals surface area contributed by atoms with Crippen LogP contribution in [0.4, 0.5) is 0 Å². The van der Waals surface area contributed by atoms with E-state index in [0.717, 1.165) is 29.8 Å². The van der Waals surface area contributed by atoms with Crippen molar-refractivity contribution in [2.45, 2.75) is 18.8 Å². The zero-order chi connectivity index (χ0) is 11.7. The van der Waals surface area contributed by atoms with E-state index in [1.165, 1.54) is 12.8 Å². The summed E-state index contributed by atoms with van der Waals surface area (Å²) in [6.07, 6.45) is 4.31. The number of fused-ring (bicyclic) bond motifs is 1. The fourth-order valence-corrected chi connectivity index (χ4v) is 2.45. The molecule has 0 aliphatic carbocycles. The zero-order valence-electron chi connectivity index (χ0n) is 10.1. The molecule has 1 aliphatic heterocycles. The van der Waals surface area contributed by atoms with Crippen LogP contribution in [0, 0.1) is 0 Å². The summed E-state index contributed by atoms with van der Waals surface area (Å²) >= 11 is 0. The van der Waals surface area contributed by atoms with E-state index >= 15 is 0 Å². The van der Waals surface area contributed by atoms with Gasteiger partial charge in [-0.1, -0.05) is 18.2 Å². The number of benzene rings is 1. The minimum atomic E-state index is 0.538. The molecule has 1 fully saturated rings. The lowest BCUT2D eigenvalue weighted by molar-refractivity contribution is 0.251. The summed E-state index contributed by atoms with van der Waals surface area (Å²) in [5.41, 5.74) is 1.07. The van der Waals surface area contributed by atoms with Crippen LogP contribution in [-0.2, 0) is 0 Å². The molecule has 0 unspecified atom stereocenters. The van der Waals surface area contributed by atoms with Crippen LogP contribution < -0.4 is 0 Å². The fourth-order valence-electron chi connectivity index (χ4n) is 2.45. The Hall–Kier alpha value is -1.48. The molecule has 3 heteroatoms. The first-order chi connectivity index (χ1) is 8.33. The van der Waals surface area contributed by atoms with Crippen molar-refractivity contribution >= 4 is 10.9 Å². The van der Waals surface area contributed by atoms with E-state index in [9.17, 15) is 0 Å².